The summed E-state index contributed by atoms with van der Waals surface area (Å²) in [7, 11) is 0. The Bertz CT molecular complexity index is 519. The third-order valence-electron chi connectivity index (χ3n) is 2.45. The zero-order valence-electron chi connectivity index (χ0n) is 10.4. The second-order valence-corrected chi connectivity index (χ2v) is 4.69. The van der Waals surface area contributed by atoms with Crippen molar-refractivity contribution in [2.24, 2.45) is 5.84 Å². The summed E-state index contributed by atoms with van der Waals surface area (Å²) >= 11 is 1.54. The van der Waals surface area contributed by atoms with E-state index in [1.807, 2.05) is 11.4 Å². The number of nitrogens with zero attached hydrogens (tertiary/aromatic N) is 2. The molecule has 19 heavy (non-hydrogen) atoms. The number of aliphatic hydroxyl groups excluding tert-OH is 1. The maximum absolute atomic E-state index is 8.58. The second kappa shape index (κ2) is 7.19. The van der Waals surface area contributed by atoms with E-state index in [0.717, 1.165) is 29.0 Å². The van der Waals surface area contributed by atoms with Gasteiger partial charge in [0.25, 0.3) is 0 Å². The minimum Gasteiger partial charge on any atom is -0.394 e. The molecule has 2 heterocycles. The Morgan fingerprint density at radius 1 is 1.37 bits per heavy atom. The molecular formula is C11H17N5O2S. The number of nitrogen functional groups attached to an aromatic ring is 1. The molecule has 0 radical (unpaired) electrons. The lowest BCUT2D eigenvalue weighted by Crippen LogP contribution is -2.13. The van der Waals surface area contributed by atoms with Crippen LogP contribution in [0.15, 0.2) is 11.4 Å². The van der Waals surface area contributed by atoms with Crippen molar-refractivity contribution >= 4 is 33.3 Å². The highest BCUT2D eigenvalue weighted by atomic mass is 32.1. The molecule has 0 aliphatic heterocycles. The van der Waals surface area contributed by atoms with Crippen molar-refractivity contribution in [1.82, 2.24) is 9.97 Å². The molecule has 5 N–H and O–H groups in total. The average molecular weight is 283 g/mol. The van der Waals surface area contributed by atoms with Gasteiger partial charge < -0.3 is 15.2 Å². The fraction of sp³-hybridized carbons (Fsp3) is 0.455. The first-order valence-corrected chi connectivity index (χ1v) is 6.87. The molecule has 2 aromatic heterocycles. The van der Waals surface area contributed by atoms with Crippen molar-refractivity contribution in [3.63, 3.8) is 0 Å². The lowest BCUT2D eigenvalue weighted by atomic mass is 10.3. The van der Waals surface area contributed by atoms with Crippen LogP contribution in [0.25, 0.3) is 10.2 Å². The molecule has 0 fully saturated rings. The number of fused-ring (bicyclic) bond motifs is 1. The van der Waals surface area contributed by atoms with Crippen LogP contribution in [0.4, 0.5) is 11.8 Å². The SMILES string of the molecule is NNc1nc(NCCCOCCO)c2ccsc2n1. The molecule has 0 aliphatic carbocycles. The Kier molecular flexibility index (Phi) is 5.28. The Balaban J connectivity index is 1.93. The van der Waals surface area contributed by atoms with Crippen LogP contribution in [0.5, 0.6) is 0 Å². The summed E-state index contributed by atoms with van der Waals surface area (Å²) in [6.07, 6.45) is 0.834. The van der Waals surface area contributed by atoms with Crippen molar-refractivity contribution in [1.29, 1.82) is 0 Å². The molecule has 0 saturated carbocycles. The van der Waals surface area contributed by atoms with Gasteiger partial charge in [-0.15, -0.1) is 11.3 Å². The smallest absolute Gasteiger partial charge is 0.240 e. The lowest BCUT2D eigenvalue weighted by Gasteiger charge is -2.08. The summed E-state index contributed by atoms with van der Waals surface area (Å²) < 4.78 is 5.19. The minimum absolute atomic E-state index is 0.0559. The van der Waals surface area contributed by atoms with Crippen molar-refractivity contribution < 1.29 is 9.84 Å². The van der Waals surface area contributed by atoms with E-state index < -0.39 is 0 Å². The predicted octanol–water partition coefficient (Wildman–Crippen LogP) is 0.788. The number of rotatable bonds is 8. The van der Waals surface area contributed by atoms with Gasteiger partial charge in [-0.3, -0.25) is 5.43 Å². The highest BCUT2D eigenvalue weighted by Gasteiger charge is 2.07. The van der Waals surface area contributed by atoms with E-state index in [4.69, 9.17) is 15.7 Å². The Morgan fingerprint density at radius 2 is 2.26 bits per heavy atom. The number of anilines is 2. The fourth-order valence-corrected chi connectivity index (χ4v) is 2.37. The van der Waals surface area contributed by atoms with Gasteiger partial charge in [0.15, 0.2) is 0 Å². The number of aromatic nitrogens is 2. The summed E-state index contributed by atoms with van der Waals surface area (Å²) in [5, 5.41) is 14.8. The van der Waals surface area contributed by atoms with Gasteiger partial charge in [0.1, 0.15) is 10.6 Å². The van der Waals surface area contributed by atoms with Crippen molar-refractivity contribution in [2.45, 2.75) is 6.42 Å². The molecule has 8 heteroatoms. The van der Waals surface area contributed by atoms with Gasteiger partial charge in [0.05, 0.1) is 18.6 Å². The molecular weight excluding hydrogens is 266 g/mol. The van der Waals surface area contributed by atoms with Crippen molar-refractivity contribution in [2.75, 3.05) is 37.1 Å². The molecule has 0 spiro atoms. The van der Waals surface area contributed by atoms with Gasteiger partial charge in [-0.25, -0.2) is 10.8 Å². The Labute approximate surface area is 114 Å². The van der Waals surface area contributed by atoms with Gasteiger partial charge in [-0.1, -0.05) is 0 Å². The van der Waals surface area contributed by atoms with Gasteiger partial charge in [-0.2, -0.15) is 4.98 Å². The summed E-state index contributed by atoms with van der Waals surface area (Å²) in [6, 6.07) is 1.98. The Hall–Kier alpha value is -1.48. The number of thiophene rings is 1. The predicted molar refractivity (Wildman–Crippen MR) is 76.2 cm³/mol. The molecule has 0 atom stereocenters. The van der Waals surface area contributed by atoms with Crippen LogP contribution in [0, 0.1) is 0 Å². The minimum atomic E-state index is 0.0559. The average Bonchev–Trinajstić information content (AvgIpc) is 2.90. The monoisotopic (exact) mass is 283 g/mol. The second-order valence-electron chi connectivity index (χ2n) is 3.80. The first-order valence-electron chi connectivity index (χ1n) is 5.99. The third kappa shape index (κ3) is 3.74. The molecule has 2 rings (SSSR count). The van der Waals surface area contributed by atoms with Crippen molar-refractivity contribution in [3.8, 4) is 0 Å². The maximum atomic E-state index is 8.58. The largest absolute Gasteiger partial charge is 0.394 e. The summed E-state index contributed by atoms with van der Waals surface area (Å²) in [5.74, 6) is 6.51. The van der Waals surface area contributed by atoms with Crippen LogP contribution in [-0.4, -0.2) is 41.4 Å². The third-order valence-corrected chi connectivity index (χ3v) is 3.25. The summed E-state index contributed by atoms with van der Waals surface area (Å²) in [6.45, 7) is 1.77. The van der Waals surface area contributed by atoms with E-state index in [9.17, 15) is 0 Å². The van der Waals surface area contributed by atoms with Crippen LogP contribution in [-0.2, 0) is 4.74 Å². The normalized spacial score (nSPS) is 10.8. The molecule has 7 nitrogen and oxygen atoms in total. The number of nitrogens with two attached hydrogens (primary N) is 1. The van der Waals surface area contributed by atoms with Crippen LogP contribution in [0.1, 0.15) is 6.42 Å². The number of ether oxygens (including phenoxy) is 1. The molecule has 104 valence electrons. The number of hydrogen-bond donors (Lipinski definition) is 4. The van der Waals surface area contributed by atoms with E-state index in [2.05, 4.69) is 20.7 Å². The quantitative estimate of drug-likeness (QED) is 0.322. The zero-order valence-corrected chi connectivity index (χ0v) is 11.2. The van der Waals surface area contributed by atoms with Gasteiger partial charge in [0, 0.05) is 13.2 Å². The molecule has 0 amide bonds. The van der Waals surface area contributed by atoms with Crippen molar-refractivity contribution in [3.05, 3.63) is 11.4 Å². The number of aliphatic hydroxyl groups is 1. The maximum Gasteiger partial charge on any atom is 0.240 e. The molecule has 0 aliphatic rings. The highest BCUT2D eigenvalue weighted by molar-refractivity contribution is 7.16. The number of nitrogens with one attached hydrogen (secondary N) is 2. The van der Waals surface area contributed by atoms with Crippen LogP contribution < -0.4 is 16.6 Å². The highest BCUT2D eigenvalue weighted by Crippen LogP contribution is 2.26. The first kappa shape index (κ1) is 13.9. The van der Waals surface area contributed by atoms with E-state index in [1.165, 1.54) is 0 Å². The lowest BCUT2D eigenvalue weighted by molar-refractivity contribution is 0.0922. The van der Waals surface area contributed by atoms with Gasteiger partial charge in [0.2, 0.25) is 5.95 Å². The fourth-order valence-electron chi connectivity index (χ4n) is 1.60. The van der Waals surface area contributed by atoms with Crippen LogP contribution >= 0.6 is 11.3 Å². The molecule has 0 unspecified atom stereocenters. The summed E-state index contributed by atoms with van der Waals surface area (Å²) in [4.78, 5) is 9.45. The number of hydrazine groups is 1. The molecule has 0 saturated heterocycles. The molecule has 0 aromatic carbocycles. The number of hydrogen-bond acceptors (Lipinski definition) is 8. The van der Waals surface area contributed by atoms with E-state index in [1.54, 1.807) is 11.3 Å². The standard InChI is InChI=1S/C11H17N5O2S/c12-16-11-14-9(8-2-7-19-10(8)15-11)13-3-1-5-18-6-4-17/h2,7,17H,1,3-6,12H2,(H2,13,14,15,16). The Morgan fingerprint density at radius 3 is 3.05 bits per heavy atom. The van der Waals surface area contributed by atoms with Gasteiger partial charge in [-0.05, 0) is 17.9 Å². The summed E-state index contributed by atoms with van der Waals surface area (Å²) in [5.41, 5.74) is 2.46. The van der Waals surface area contributed by atoms with Gasteiger partial charge >= 0.3 is 0 Å². The van der Waals surface area contributed by atoms with E-state index in [0.29, 0.717) is 19.2 Å². The topological polar surface area (TPSA) is 105 Å². The van der Waals surface area contributed by atoms with Crippen LogP contribution in [0.3, 0.4) is 0 Å². The van der Waals surface area contributed by atoms with Crippen LogP contribution in [0.2, 0.25) is 0 Å². The van der Waals surface area contributed by atoms with E-state index in [-0.39, 0.29) is 6.61 Å². The molecule has 2 aromatic rings. The van der Waals surface area contributed by atoms with E-state index >= 15 is 0 Å². The molecule has 0 bridgehead atoms. The first-order chi connectivity index (χ1) is 9.35. The zero-order chi connectivity index (χ0) is 13.5.